The summed E-state index contributed by atoms with van der Waals surface area (Å²) in [7, 11) is -3.55. The van der Waals surface area contributed by atoms with Gasteiger partial charge in [-0.05, 0) is 24.3 Å². The van der Waals surface area contributed by atoms with Crippen LogP contribution in [0, 0.1) is 17.1 Å². The van der Waals surface area contributed by atoms with Gasteiger partial charge in [-0.25, -0.2) is 12.8 Å². The minimum Gasteiger partial charge on any atom is -0.366 e. The summed E-state index contributed by atoms with van der Waals surface area (Å²) in [6.07, 6.45) is 0. The molecule has 0 unspecified atom stereocenters. The van der Waals surface area contributed by atoms with Crippen LogP contribution in [-0.2, 0) is 10.0 Å². The number of rotatable bonds is 3. The first-order valence-corrected chi connectivity index (χ1v) is 9.44. The molecule has 0 aromatic heterocycles. The van der Waals surface area contributed by atoms with Gasteiger partial charge in [0.1, 0.15) is 11.9 Å². The van der Waals surface area contributed by atoms with Crippen molar-refractivity contribution in [2.45, 2.75) is 4.90 Å². The zero-order chi connectivity index (χ0) is 18.0. The summed E-state index contributed by atoms with van der Waals surface area (Å²) in [6.45, 7) is 1.17. The highest BCUT2D eigenvalue weighted by Gasteiger charge is 2.29. The number of hydrogen-bond donors (Lipinski definition) is 0. The molecule has 2 aromatic rings. The van der Waals surface area contributed by atoms with Gasteiger partial charge in [0, 0.05) is 26.2 Å². The normalized spacial score (nSPS) is 15.8. The minimum absolute atomic E-state index is 0.0770. The van der Waals surface area contributed by atoms with Gasteiger partial charge in [-0.2, -0.15) is 9.57 Å². The number of nitriles is 1. The zero-order valence-corrected chi connectivity index (χ0v) is 14.8. The zero-order valence-electron chi connectivity index (χ0n) is 13.2. The summed E-state index contributed by atoms with van der Waals surface area (Å²) < 4.78 is 40.8. The van der Waals surface area contributed by atoms with E-state index < -0.39 is 15.8 Å². The van der Waals surface area contributed by atoms with Crippen molar-refractivity contribution in [3.63, 3.8) is 0 Å². The van der Waals surface area contributed by atoms with Gasteiger partial charge in [-0.15, -0.1) is 0 Å². The van der Waals surface area contributed by atoms with Crippen LogP contribution in [0.2, 0.25) is 5.02 Å². The standard InChI is InChI=1S/C17H15ClFN3O2S/c18-15-11-17(16(19)10-13(15)12-20)21-6-8-22(9-7-21)25(23,24)14-4-2-1-3-5-14/h1-5,10-11H,6-9H2. The predicted octanol–water partition coefficient (Wildman–Crippen LogP) is 2.86. The van der Waals surface area contributed by atoms with Crippen LogP contribution in [0.3, 0.4) is 0 Å². The Morgan fingerprint density at radius 2 is 1.72 bits per heavy atom. The number of sulfonamides is 1. The molecule has 2 aromatic carbocycles. The molecule has 0 bridgehead atoms. The maximum Gasteiger partial charge on any atom is 0.243 e. The summed E-state index contributed by atoms with van der Waals surface area (Å²) in [5, 5.41) is 9.07. The molecule has 1 saturated heterocycles. The first-order chi connectivity index (χ1) is 11.9. The molecule has 25 heavy (non-hydrogen) atoms. The lowest BCUT2D eigenvalue weighted by atomic mass is 10.2. The van der Waals surface area contributed by atoms with Crippen molar-refractivity contribution in [2.75, 3.05) is 31.1 Å². The second-order valence-corrected chi connectivity index (χ2v) is 7.94. The Balaban J connectivity index is 1.77. The fourth-order valence-corrected chi connectivity index (χ4v) is 4.42. The average Bonchev–Trinajstić information content (AvgIpc) is 2.64. The van der Waals surface area contributed by atoms with Crippen LogP contribution in [0.4, 0.5) is 10.1 Å². The maximum atomic E-state index is 14.2. The minimum atomic E-state index is -3.55. The summed E-state index contributed by atoms with van der Waals surface area (Å²) >= 11 is 5.98. The van der Waals surface area contributed by atoms with Gasteiger partial charge in [0.2, 0.25) is 10.0 Å². The average molecular weight is 380 g/mol. The first kappa shape index (κ1) is 17.7. The Labute approximate surface area is 150 Å². The lowest BCUT2D eigenvalue weighted by Gasteiger charge is -2.35. The van der Waals surface area contributed by atoms with E-state index in [1.165, 1.54) is 10.4 Å². The molecule has 0 radical (unpaired) electrons. The SMILES string of the molecule is N#Cc1cc(F)c(N2CCN(S(=O)(=O)c3ccccc3)CC2)cc1Cl. The van der Waals surface area contributed by atoms with E-state index >= 15 is 0 Å². The van der Waals surface area contributed by atoms with Gasteiger partial charge in [0.05, 0.1) is 21.2 Å². The summed E-state index contributed by atoms with van der Waals surface area (Å²) in [4.78, 5) is 1.98. The van der Waals surface area contributed by atoms with Crippen molar-refractivity contribution in [2.24, 2.45) is 0 Å². The van der Waals surface area contributed by atoms with Gasteiger partial charge in [-0.1, -0.05) is 29.8 Å². The Bertz CT molecular complexity index is 921. The molecular formula is C17H15ClFN3O2S. The van der Waals surface area contributed by atoms with Gasteiger partial charge < -0.3 is 4.90 Å². The predicted molar refractivity (Wildman–Crippen MR) is 93.5 cm³/mol. The highest BCUT2D eigenvalue weighted by molar-refractivity contribution is 7.89. The fourth-order valence-electron chi connectivity index (χ4n) is 2.78. The van der Waals surface area contributed by atoms with Crippen LogP contribution in [0.15, 0.2) is 47.4 Å². The van der Waals surface area contributed by atoms with Crippen LogP contribution in [-0.4, -0.2) is 38.9 Å². The smallest absolute Gasteiger partial charge is 0.243 e. The topological polar surface area (TPSA) is 64.4 Å². The van der Waals surface area contributed by atoms with Crippen molar-refractivity contribution in [3.8, 4) is 6.07 Å². The van der Waals surface area contributed by atoms with E-state index in [1.54, 1.807) is 35.2 Å². The molecule has 5 nitrogen and oxygen atoms in total. The van der Waals surface area contributed by atoms with Crippen molar-refractivity contribution >= 4 is 27.3 Å². The van der Waals surface area contributed by atoms with Gasteiger partial charge in [-0.3, -0.25) is 0 Å². The Morgan fingerprint density at radius 1 is 1.08 bits per heavy atom. The molecule has 0 aliphatic carbocycles. The number of hydrogen-bond acceptors (Lipinski definition) is 4. The molecule has 130 valence electrons. The molecule has 8 heteroatoms. The number of anilines is 1. The third kappa shape index (κ3) is 3.47. The lowest BCUT2D eigenvalue weighted by molar-refractivity contribution is 0.383. The van der Waals surface area contributed by atoms with E-state index in [0.717, 1.165) is 6.07 Å². The number of nitrogens with zero attached hydrogens (tertiary/aromatic N) is 3. The third-order valence-corrected chi connectivity index (χ3v) is 6.34. The quantitative estimate of drug-likeness (QED) is 0.822. The van der Waals surface area contributed by atoms with Crippen LogP contribution in [0.25, 0.3) is 0 Å². The third-order valence-electron chi connectivity index (χ3n) is 4.12. The van der Waals surface area contributed by atoms with Crippen LogP contribution in [0.5, 0.6) is 0 Å². The summed E-state index contributed by atoms with van der Waals surface area (Å²) in [5.41, 5.74) is 0.356. The number of piperazine rings is 1. The van der Waals surface area contributed by atoms with E-state index in [1.807, 2.05) is 6.07 Å². The van der Waals surface area contributed by atoms with Gasteiger partial charge in [0.25, 0.3) is 0 Å². The molecule has 0 spiro atoms. The molecule has 0 N–H and O–H groups in total. The van der Waals surface area contributed by atoms with Crippen molar-refractivity contribution < 1.29 is 12.8 Å². The molecule has 1 aliphatic heterocycles. The summed E-state index contributed by atoms with van der Waals surface area (Å²) in [5.74, 6) is -0.541. The van der Waals surface area contributed by atoms with E-state index in [4.69, 9.17) is 16.9 Å². The van der Waals surface area contributed by atoms with Crippen LogP contribution in [0.1, 0.15) is 5.56 Å². The van der Waals surface area contributed by atoms with Crippen LogP contribution < -0.4 is 4.90 Å². The van der Waals surface area contributed by atoms with Gasteiger partial charge >= 0.3 is 0 Å². The molecule has 0 atom stereocenters. The van der Waals surface area contributed by atoms with Crippen LogP contribution >= 0.6 is 11.6 Å². The molecule has 3 rings (SSSR count). The first-order valence-electron chi connectivity index (χ1n) is 7.63. The highest BCUT2D eigenvalue weighted by atomic mass is 35.5. The molecule has 1 fully saturated rings. The molecule has 1 heterocycles. The van der Waals surface area contributed by atoms with Crippen molar-refractivity contribution in [3.05, 3.63) is 58.9 Å². The monoisotopic (exact) mass is 379 g/mol. The summed E-state index contributed by atoms with van der Waals surface area (Å²) in [6, 6.07) is 12.6. The molecule has 0 saturated carbocycles. The fraction of sp³-hybridized carbons (Fsp3) is 0.235. The Hall–Kier alpha value is -2.14. The second-order valence-electron chi connectivity index (χ2n) is 5.60. The van der Waals surface area contributed by atoms with Crippen molar-refractivity contribution in [1.82, 2.24) is 4.31 Å². The lowest BCUT2D eigenvalue weighted by Crippen LogP contribution is -2.48. The molecule has 0 amide bonds. The molecular weight excluding hydrogens is 365 g/mol. The maximum absolute atomic E-state index is 14.2. The highest BCUT2D eigenvalue weighted by Crippen LogP contribution is 2.28. The Morgan fingerprint density at radius 3 is 2.32 bits per heavy atom. The largest absolute Gasteiger partial charge is 0.366 e. The van der Waals surface area contributed by atoms with Gasteiger partial charge in [0.15, 0.2) is 0 Å². The Kier molecular flexibility index (Phi) is 4.95. The number of benzene rings is 2. The van der Waals surface area contributed by atoms with E-state index in [9.17, 15) is 12.8 Å². The number of halogens is 2. The second kappa shape index (κ2) is 7.00. The van der Waals surface area contributed by atoms with Crippen molar-refractivity contribution in [1.29, 1.82) is 5.26 Å². The van der Waals surface area contributed by atoms with E-state index in [-0.39, 0.29) is 34.3 Å². The van der Waals surface area contributed by atoms with E-state index in [2.05, 4.69) is 0 Å². The molecule has 1 aliphatic rings. The van der Waals surface area contributed by atoms with E-state index in [0.29, 0.717) is 13.1 Å².